The zero-order valence-electron chi connectivity index (χ0n) is 19.6. The average molecular weight is 515 g/mol. The molecule has 37 heavy (non-hydrogen) atoms. The van der Waals surface area contributed by atoms with Crippen LogP contribution in [0.15, 0.2) is 71.6 Å². The fourth-order valence-corrected chi connectivity index (χ4v) is 5.27. The number of rotatable bonds is 5. The molecule has 0 unspecified atom stereocenters. The molecule has 0 saturated carbocycles. The molecule has 3 aliphatic heterocycles. The number of thioether (sulfide) groups is 1. The Balaban J connectivity index is 1.16. The summed E-state index contributed by atoms with van der Waals surface area (Å²) in [7, 11) is 0. The van der Waals surface area contributed by atoms with Gasteiger partial charge < -0.3 is 19.9 Å². The number of ether oxygens (including phenoxy) is 1. The van der Waals surface area contributed by atoms with Gasteiger partial charge in [-0.25, -0.2) is 9.78 Å². The Labute approximate surface area is 216 Å². The van der Waals surface area contributed by atoms with Crippen molar-refractivity contribution in [2.45, 2.75) is 0 Å². The monoisotopic (exact) mass is 514 g/mol. The molecule has 11 heteroatoms. The lowest BCUT2D eigenvalue weighted by Crippen LogP contribution is -2.73. The lowest BCUT2D eigenvalue weighted by atomic mass is 9.73. The van der Waals surface area contributed by atoms with Crippen LogP contribution >= 0.6 is 11.8 Å². The van der Waals surface area contributed by atoms with Gasteiger partial charge in [-0.05, 0) is 42.1 Å². The van der Waals surface area contributed by atoms with Crippen molar-refractivity contribution in [1.82, 2.24) is 20.2 Å². The van der Waals surface area contributed by atoms with Crippen LogP contribution < -0.4 is 20.3 Å². The summed E-state index contributed by atoms with van der Waals surface area (Å²) in [4.78, 5) is 49.4. The summed E-state index contributed by atoms with van der Waals surface area (Å²) < 4.78 is 5.95. The van der Waals surface area contributed by atoms with Crippen molar-refractivity contribution in [3.05, 3.63) is 77.3 Å². The van der Waals surface area contributed by atoms with Crippen LogP contribution in [-0.2, 0) is 4.79 Å². The minimum Gasteiger partial charge on any atom is -0.439 e. The van der Waals surface area contributed by atoms with E-state index in [9.17, 15) is 14.4 Å². The van der Waals surface area contributed by atoms with Crippen LogP contribution in [0.1, 0.15) is 5.69 Å². The highest BCUT2D eigenvalue weighted by Gasteiger charge is 2.54. The van der Waals surface area contributed by atoms with Crippen LogP contribution in [0.25, 0.3) is 6.08 Å². The number of carbonyl (C=O) groups excluding carboxylic acids is 3. The molecule has 0 aliphatic carbocycles. The van der Waals surface area contributed by atoms with Crippen molar-refractivity contribution in [3.63, 3.8) is 0 Å². The highest BCUT2D eigenvalue weighted by molar-refractivity contribution is 8.18. The summed E-state index contributed by atoms with van der Waals surface area (Å²) in [5, 5.41) is 4.75. The molecule has 0 bridgehead atoms. The topological polar surface area (TPSA) is 117 Å². The number of likely N-dealkylation sites (tertiary alicyclic amines) is 1. The van der Waals surface area contributed by atoms with Crippen molar-refractivity contribution in [2.24, 2.45) is 5.41 Å². The first-order valence-electron chi connectivity index (χ1n) is 11.7. The Bertz CT molecular complexity index is 1400. The molecular formula is C26H22N6O4S. The van der Waals surface area contributed by atoms with Crippen LogP contribution in [0.5, 0.6) is 11.6 Å². The largest absolute Gasteiger partial charge is 0.439 e. The van der Waals surface area contributed by atoms with Gasteiger partial charge in [0.15, 0.2) is 0 Å². The molecule has 3 aromatic rings. The predicted octanol–water partition coefficient (Wildman–Crippen LogP) is 3.95. The van der Waals surface area contributed by atoms with E-state index < -0.39 is 11.1 Å². The zero-order valence-corrected chi connectivity index (χ0v) is 20.4. The maximum Gasteiger partial charge on any atom is 0.321 e. The Morgan fingerprint density at radius 1 is 1.00 bits per heavy atom. The molecule has 1 spiro atoms. The Morgan fingerprint density at radius 2 is 1.70 bits per heavy atom. The van der Waals surface area contributed by atoms with Crippen molar-refractivity contribution in [2.75, 3.05) is 36.4 Å². The number of anilines is 2. The summed E-state index contributed by atoms with van der Waals surface area (Å²) in [5.41, 5.74) is 1.23. The summed E-state index contributed by atoms with van der Waals surface area (Å²) in [6, 6.07) is 20.2. The predicted molar refractivity (Wildman–Crippen MR) is 139 cm³/mol. The highest BCUT2D eigenvalue weighted by Crippen LogP contribution is 2.41. The third-order valence-corrected chi connectivity index (χ3v) is 7.11. The number of aromatic nitrogens is 2. The average Bonchev–Trinajstić information content (AvgIpc) is 3.14. The summed E-state index contributed by atoms with van der Waals surface area (Å²) in [6.45, 7) is 2.69. The van der Waals surface area contributed by atoms with Crippen LogP contribution in [0.3, 0.4) is 0 Å². The minimum atomic E-state index is -0.452. The number of nitrogens with one attached hydrogen (secondary N) is 2. The van der Waals surface area contributed by atoms with Gasteiger partial charge in [0.25, 0.3) is 11.1 Å². The molecular weight excluding hydrogens is 492 g/mol. The molecule has 2 aromatic carbocycles. The van der Waals surface area contributed by atoms with E-state index >= 15 is 0 Å². The fraction of sp³-hybridized carbons (Fsp3) is 0.192. The molecule has 1 aromatic heterocycles. The summed E-state index contributed by atoms with van der Waals surface area (Å²) >= 11 is 0.832. The lowest BCUT2D eigenvalue weighted by molar-refractivity contribution is -0.115. The van der Waals surface area contributed by atoms with Gasteiger partial charge in [0.1, 0.15) is 5.75 Å². The first-order chi connectivity index (χ1) is 17.9. The van der Waals surface area contributed by atoms with E-state index in [-0.39, 0.29) is 16.4 Å². The molecule has 3 fully saturated rings. The van der Waals surface area contributed by atoms with E-state index in [0.29, 0.717) is 49.5 Å². The van der Waals surface area contributed by atoms with Gasteiger partial charge in [-0.15, -0.1) is 0 Å². The lowest BCUT2D eigenvalue weighted by Gasteiger charge is -2.59. The van der Waals surface area contributed by atoms with Crippen LogP contribution in [0.2, 0.25) is 0 Å². The Morgan fingerprint density at radius 3 is 2.38 bits per heavy atom. The van der Waals surface area contributed by atoms with Gasteiger partial charge in [-0.3, -0.25) is 14.9 Å². The van der Waals surface area contributed by atoms with Gasteiger partial charge in [0.05, 0.1) is 10.6 Å². The molecule has 4 amide bonds. The van der Waals surface area contributed by atoms with E-state index in [1.165, 1.54) is 0 Å². The second-order valence-corrected chi connectivity index (χ2v) is 10.2. The minimum absolute atomic E-state index is 0.0000825. The third-order valence-electron chi connectivity index (χ3n) is 6.30. The molecule has 10 nitrogen and oxygen atoms in total. The SMILES string of the molecule is O=C1NC(=O)/C(=C\c2cc(Oc3ccccc3)nc(N3CC4(CN(C(=O)Nc5ccccc5)C4)C3)n2)S1. The zero-order chi connectivity index (χ0) is 25.4. The highest BCUT2D eigenvalue weighted by atomic mass is 32.2. The van der Waals surface area contributed by atoms with Crippen molar-refractivity contribution in [3.8, 4) is 11.6 Å². The van der Waals surface area contributed by atoms with Gasteiger partial charge >= 0.3 is 6.03 Å². The Hall–Kier alpha value is -4.38. The van der Waals surface area contributed by atoms with Crippen LogP contribution in [0.4, 0.5) is 21.2 Å². The summed E-state index contributed by atoms with van der Waals surface area (Å²) in [5.74, 6) is 0.962. The Kier molecular flexibility index (Phi) is 5.76. The number of imide groups is 1. The molecule has 0 atom stereocenters. The van der Waals surface area contributed by atoms with Gasteiger partial charge in [-0.1, -0.05) is 36.4 Å². The van der Waals surface area contributed by atoms with Crippen molar-refractivity contribution >= 4 is 46.7 Å². The first kappa shape index (κ1) is 23.0. The number of para-hydroxylation sites is 2. The molecule has 2 N–H and O–H groups in total. The third kappa shape index (κ3) is 4.85. The second kappa shape index (κ2) is 9.25. The quantitative estimate of drug-likeness (QED) is 0.492. The van der Waals surface area contributed by atoms with Gasteiger partial charge in [0.2, 0.25) is 11.8 Å². The standard InChI is InChI=1S/C26H22N6O4S/c33-22-20(37-25(35)30-22)11-18-12-21(36-19-9-5-2-6-10-19)29-23(27-18)31-13-26(14-31)15-32(16-26)24(34)28-17-7-3-1-4-8-17/h1-12H,13-16H2,(H,28,34)(H,30,33,35)/b20-11+. The van der Waals surface area contributed by atoms with Crippen molar-refractivity contribution < 1.29 is 19.1 Å². The first-order valence-corrected chi connectivity index (χ1v) is 12.5. The maximum atomic E-state index is 12.5. The molecule has 4 heterocycles. The van der Waals surface area contributed by atoms with E-state index in [2.05, 4.69) is 20.6 Å². The number of benzene rings is 2. The van der Waals surface area contributed by atoms with Gasteiger partial charge in [0, 0.05) is 43.3 Å². The summed E-state index contributed by atoms with van der Waals surface area (Å²) in [6.07, 6.45) is 1.56. The molecule has 0 radical (unpaired) electrons. The van der Waals surface area contributed by atoms with Crippen LogP contribution in [-0.4, -0.2) is 58.2 Å². The van der Waals surface area contributed by atoms with E-state index in [4.69, 9.17) is 4.74 Å². The van der Waals surface area contributed by atoms with Gasteiger partial charge in [-0.2, -0.15) is 4.98 Å². The number of urea groups is 1. The number of nitrogens with zero attached hydrogens (tertiary/aromatic N) is 4. The number of hydrogen-bond donors (Lipinski definition) is 2. The number of amides is 4. The normalized spacial score (nSPS) is 18.9. The maximum absolute atomic E-state index is 12.5. The van der Waals surface area contributed by atoms with Crippen LogP contribution in [0, 0.1) is 5.41 Å². The number of carbonyl (C=O) groups is 3. The van der Waals surface area contributed by atoms with E-state index in [1.807, 2.05) is 65.6 Å². The number of hydrogen-bond acceptors (Lipinski definition) is 8. The molecule has 3 aliphatic rings. The van der Waals surface area contributed by atoms with E-state index in [1.54, 1.807) is 17.0 Å². The second-order valence-electron chi connectivity index (χ2n) is 9.21. The van der Waals surface area contributed by atoms with E-state index in [0.717, 1.165) is 17.4 Å². The molecule has 3 saturated heterocycles. The fourth-order valence-electron chi connectivity index (χ4n) is 4.60. The molecule has 6 rings (SSSR count). The smallest absolute Gasteiger partial charge is 0.321 e. The molecule has 186 valence electrons. The van der Waals surface area contributed by atoms with Crippen molar-refractivity contribution in [1.29, 1.82) is 0 Å².